The highest BCUT2D eigenvalue weighted by Gasteiger charge is 2.38. The van der Waals surface area contributed by atoms with E-state index < -0.39 is 21.0 Å². The minimum Gasteiger partial charge on any atom is -0.297 e. The number of carbonyl (C=O) groups is 1. The summed E-state index contributed by atoms with van der Waals surface area (Å²) in [5, 5.41) is 8.05. The third-order valence-corrected chi connectivity index (χ3v) is 5.30. The Bertz CT molecular complexity index is 420. The van der Waals surface area contributed by atoms with Crippen LogP contribution in [0.1, 0.15) is 39.5 Å². The third-order valence-electron chi connectivity index (χ3n) is 3.10. The van der Waals surface area contributed by atoms with Gasteiger partial charge in [-0.15, -0.1) is 0 Å². The van der Waals surface area contributed by atoms with Crippen LogP contribution in [0.4, 0.5) is 0 Å². The Hall–Kier alpha value is -0.890. The van der Waals surface area contributed by atoms with Gasteiger partial charge in [0.1, 0.15) is 11.2 Å². The number of Topliss-reactive ketones (excluding diaryl/α,β-unsaturated/α-hetero) is 1. The van der Waals surface area contributed by atoms with Gasteiger partial charge in [0, 0.05) is 0 Å². The molecule has 2 unspecified atom stereocenters. The zero-order valence-corrected chi connectivity index (χ0v) is 11.2. The van der Waals surface area contributed by atoms with Gasteiger partial charge >= 0.3 is 0 Å². The average Bonchev–Trinajstić information content (AvgIpc) is 2.24. The van der Waals surface area contributed by atoms with Crippen molar-refractivity contribution in [1.82, 2.24) is 0 Å². The summed E-state index contributed by atoms with van der Waals surface area (Å²) < 4.78 is 23.6. The second kappa shape index (κ2) is 5.63. The van der Waals surface area contributed by atoms with Crippen molar-refractivity contribution < 1.29 is 13.2 Å². The lowest BCUT2D eigenvalue weighted by molar-refractivity contribution is -0.121. The molecule has 0 N–H and O–H groups in total. The normalized spacial score (nSPS) is 25.2. The quantitative estimate of drug-likeness (QED) is 0.768. The van der Waals surface area contributed by atoms with Crippen LogP contribution in [0.15, 0.2) is 0 Å². The fraction of sp³-hybridized carbons (Fsp3) is 0.833. The summed E-state index contributed by atoms with van der Waals surface area (Å²) in [4.78, 5) is 12.1. The van der Waals surface area contributed by atoms with Crippen molar-refractivity contribution in [2.24, 2.45) is 11.8 Å². The maximum absolute atomic E-state index is 12.1. The van der Waals surface area contributed by atoms with Crippen LogP contribution in [-0.2, 0) is 14.6 Å². The van der Waals surface area contributed by atoms with Gasteiger partial charge in [-0.2, -0.15) is 5.26 Å². The highest BCUT2D eigenvalue weighted by Crippen LogP contribution is 2.25. The summed E-state index contributed by atoms with van der Waals surface area (Å²) in [5.74, 6) is -0.855. The van der Waals surface area contributed by atoms with Gasteiger partial charge in [0.15, 0.2) is 15.6 Å². The van der Waals surface area contributed by atoms with E-state index in [4.69, 9.17) is 5.26 Å². The molecule has 5 heteroatoms. The number of rotatable bonds is 4. The van der Waals surface area contributed by atoms with Crippen molar-refractivity contribution >= 4 is 15.6 Å². The first-order chi connectivity index (χ1) is 7.88. The van der Waals surface area contributed by atoms with Crippen LogP contribution in [0.2, 0.25) is 0 Å². The molecule has 1 fully saturated rings. The molecular formula is C12H19NO3S. The highest BCUT2D eigenvalue weighted by atomic mass is 32.2. The first kappa shape index (κ1) is 14.2. The van der Waals surface area contributed by atoms with E-state index in [-0.39, 0.29) is 17.5 Å². The number of sulfone groups is 1. The van der Waals surface area contributed by atoms with Crippen molar-refractivity contribution in [2.75, 3.05) is 5.75 Å². The van der Waals surface area contributed by atoms with Gasteiger partial charge in [-0.25, -0.2) is 8.42 Å². The summed E-state index contributed by atoms with van der Waals surface area (Å²) in [7, 11) is -3.31. The largest absolute Gasteiger partial charge is 0.297 e. The van der Waals surface area contributed by atoms with E-state index in [1.165, 1.54) is 0 Å². The molecule has 96 valence electrons. The summed E-state index contributed by atoms with van der Waals surface area (Å²) in [6, 6.07) is 1.95. The predicted octanol–water partition coefficient (Wildman–Crippen LogP) is 1.71. The second-order valence-corrected chi connectivity index (χ2v) is 7.37. The molecule has 0 aromatic carbocycles. The SMILES string of the molecule is CC(C)CC(C#N)C(=O)C1CCCCS1(=O)=O. The number of hydrogen-bond acceptors (Lipinski definition) is 4. The Labute approximate surface area is 103 Å². The van der Waals surface area contributed by atoms with Crippen LogP contribution in [0, 0.1) is 23.2 Å². The Morgan fingerprint density at radius 1 is 1.41 bits per heavy atom. The van der Waals surface area contributed by atoms with E-state index in [9.17, 15) is 13.2 Å². The average molecular weight is 257 g/mol. The Kier molecular flexibility index (Phi) is 4.70. The molecule has 0 saturated carbocycles. The number of hydrogen-bond donors (Lipinski definition) is 0. The van der Waals surface area contributed by atoms with Crippen molar-refractivity contribution in [1.29, 1.82) is 5.26 Å². The van der Waals surface area contributed by atoms with Gasteiger partial charge in [-0.1, -0.05) is 20.3 Å². The third kappa shape index (κ3) is 3.53. The van der Waals surface area contributed by atoms with E-state index in [1.807, 2.05) is 19.9 Å². The maximum Gasteiger partial charge on any atom is 0.168 e. The molecule has 1 saturated heterocycles. The molecule has 0 bridgehead atoms. The lowest BCUT2D eigenvalue weighted by Gasteiger charge is -2.23. The molecule has 0 radical (unpaired) electrons. The van der Waals surface area contributed by atoms with Crippen molar-refractivity contribution in [3.05, 3.63) is 0 Å². The minimum atomic E-state index is -3.31. The standard InChI is InChI=1S/C12H19NO3S/c1-9(2)7-10(8-13)12(14)11-5-3-4-6-17(11,15)16/h9-11H,3-7H2,1-2H3. The lowest BCUT2D eigenvalue weighted by atomic mass is 9.91. The highest BCUT2D eigenvalue weighted by molar-refractivity contribution is 7.92. The van der Waals surface area contributed by atoms with Gasteiger partial charge in [0.05, 0.1) is 11.8 Å². The van der Waals surface area contributed by atoms with Crippen molar-refractivity contribution in [3.63, 3.8) is 0 Å². The molecule has 0 aromatic rings. The molecule has 0 spiro atoms. The summed E-state index contributed by atoms with van der Waals surface area (Å²) in [5.41, 5.74) is 0. The van der Waals surface area contributed by atoms with Crippen LogP contribution in [0.25, 0.3) is 0 Å². The van der Waals surface area contributed by atoms with E-state index >= 15 is 0 Å². The van der Waals surface area contributed by atoms with E-state index in [2.05, 4.69) is 0 Å². The van der Waals surface area contributed by atoms with Gasteiger partial charge in [-0.3, -0.25) is 4.79 Å². The fourth-order valence-electron chi connectivity index (χ4n) is 2.20. The molecule has 1 aliphatic rings. The fourth-order valence-corrected chi connectivity index (χ4v) is 4.14. The molecule has 1 rings (SSSR count). The molecule has 2 atom stereocenters. The van der Waals surface area contributed by atoms with Crippen LogP contribution in [0.5, 0.6) is 0 Å². The summed E-state index contributed by atoms with van der Waals surface area (Å²) in [6.45, 7) is 3.85. The smallest absolute Gasteiger partial charge is 0.168 e. The second-order valence-electron chi connectivity index (χ2n) is 5.07. The topological polar surface area (TPSA) is 75.0 Å². The summed E-state index contributed by atoms with van der Waals surface area (Å²) in [6.07, 6.45) is 2.22. The molecule has 0 aliphatic carbocycles. The van der Waals surface area contributed by atoms with E-state index in [1.54, 1.807) is 0 Å². The molecule has 1 aliphatic heterocycles. The molecule has 4 nitrogen and oxygen atoms in total. The van der Waals surface area contributed by atoms with Gasteiger partial charge in [-0.05, 0) is 25.2 Å². The first-order valence-corrected chi connectivity index (χ1v) is 7.75. The molecule has 0 aromatic heterocycles. The van der Waals surface area contributed by atoms with Crippen LogP contribution >= 0.6 is 0 Å². The molecular weight excluding hydrogens is 238 g/mol. The number of nitriles is 1. The first-order valence-electron chi connectivity index (χ1n) is 6.03. The monoisotopic (exact) mass is 257 g/mol. The zero-order chi connectivity index (χ0) is 13.1. The number of nitrogens with zero attached hydrogens (tertiary/aromatic N) is 1. The molecule has 1 heterocycles. The zero-order valence-electron chi connectivity index (χ0n) is 10.3. The van der Waals surface area contributed by atoms with Gasteiger partial charge < -0.3 is 0 Å². The van der Waals surface area contributed by atoms with Crippen LogP contribution in [0.3, 0.4) is 0 Å². The predicted molar refractivity (Wildman–Crippen MR) is 65.0 cm³/mol. The van der Waals surface area contributed by atoms with Crippen LogP contribution < -0.4 is 0 Å². The minimum absolute atomic E-state index is 0.0865. The number of ketones is 1. The van der Waals surface area contributed by atoms with Crippen LogP contribution in [-0.4, -0.2) is 25.2 Å². The number of carbonyl (C=O) groups excluding carboxylic acids is 1. The van der Waals surface area contributed by atoms with Gasteiger partial charge in [0.2, 0.25) is 0 Å². The van der Waals surface area contributed by atoms with Crippen molar-refractivity contribution in [3.8, 4) is 6.07 Å². The molecule has 17 heavy (non-hydrogen) atoms. The Morgan fingerprint density at radius 3 is 2.53 bits per heavy atom. The van der Waals surface area contributed by atoms with Gasteiger partial charge in [0.25, 0.3) is 0 Å². The van der Waals surface area contributed by atoms with E-state index in [0.29, 0.717) is 19.3 Å². The molecule has 0 amide bonds. The summed E-state index contributed by atoms with van der Waals surface area (Å²) >= 11 is 0. The Morgan fingerprint density at radius 2 is 2.06 bits per heavy atom. The van der Waals surface area contributed by atoms with Crippen molar-refractivity contribution in [2.45, 2.75) is 44.8 Å². The maximum atomic E-state index is 12.1. The Balaban J connectivity index is 2.84. The van der Waals surface area contributed by atoms with E-state index in [0.717, 1.165) is 6.42 Å². The lowest BCUT2D eigenvalue weighted by Crippen LogP contribution is -2.39.